The predicted molar refractivity (Wildman–Crippen MR) is 110 cm³/mol. The second kappa shape index (κ2) is 7.70. The van der Waals surface area contributed by atoms with Gasteiger partial charge in [-0.1, -0.05) is 39.8 Å². The van der Waals surface area contributed by atoms with Gasteiger partial charge < -0.3 is 9.47 Å². The van der Waals surface area contributed by atoms with Crippen LogP contribution in [-0.4, -0.2) is 47.1 Å². The number of aromatic nitrogens is 2. The summed E-state index contributed by atoms with van der Waals surface area (Å²) in [5, 5.41) is 0. The average Bonchev–Trinajstić information content (AvgIpc) is 3.38. The number of hydrogen-bond acceptors (Lipinski definition) is 6. The van der Waals surface area contributed by atoms with Crippen molar-refractivity contribution in [3.8, 4) is 11.4 Å². The van der Waals surface area contributed by atoms with Gasteiger partial charge in [0.25, 0.3) is 0 Å². The highest BCUT2D eigenvalue weighted by Crippen LogP contribution is 2.21. The maximum atomic E-state index is 5.77. The zero-order valence-electron chi connectivity index (χ0n) is 16.8. The lowest BCUT2D eigenvalue weighted by Crippen LogP contribution is -2.13. The van der Waals surface area contributed by atoms with Crippen molar-refractivity contribution < 1.29 is 9.47 Å². The van der Waals surface area contributed by atoms with Crippen LogP contribution in [0.25, 0.3) is 11.4 Å². The molecule has 6 nitrogen and oxygen atoms in total. The van der Waals surface area contributed by atoms with E-state index in [1.54, 1.807) is 0 Å². The Morgan fingerprint density at radius 2 is 1.07 bits per heavy atom. The smallest absolute Gasteiger partial charge is 0.235 e. The third kappa shape index (κ3) is 3.77. The fourth-order valence-electron chi connectivity index (χ4n) is 3.14. The molecule has 2 aromatic heterocycles. The molecule has 2 unspecified atom stereocenters. The minimum Gasteiger partial charge on any atom is -0.474 e. The van der Waals surface area contributed by atoms with E-state index in [2.05, 4.69) is 37.7 Å². The van der Waals surface area contributed by atoms with E-state index in [1.807, 2.05) is 36.4 Å². The normalized spacial score (nSPS) is 21.5. The molecule has 6 heteroatoms. The summed E-state index contributed by atoms with van der Waals surface area (Å²) in [6, 6.07) is 12.0. The molecule has 0 radical (unpaired) electrons. The Balaban J connectivity index is 1.61. The topological polar surface area (TPSA) is 69.0 Å². The molecule has 4 rings (SSSR count). The van der Waals surface area contributed by atoms with Crippen LogP contribution in [0.3, 0.4) is 0 Å². The van der Waals surface area contributed by atoms with Crippen LogP contribution in [0.5, 0.6) is 0 Å². The van der Waals surface area contributed by atoms with Crippen molar-refractivity contribution in [1.82, 2.24) is 9.97 Å². The Kier molecular flexibility index (Phi) is 5.11. The van der Waals surface area contributed by atoms with Gasteiger partial charge in [-0.25, -0.2) is 20.0 Å². The van der Waals surface area contributed by atoms with E-state index in [0.717, 1.165) is 22.8 Å². The van der Waals surface area contributed by atoms with Crippen molar-refractivity contribution in [1.29, 1.82) is 0 Å². The van der Waals surface area contributed by atoms with E-state index in [4.69, 9.17) is 19.4 Å². The Morgan fingerprint density at radius 1 is 0.679 bits per heavy atom. The molecule has 0 saturated heterocycles. The summed E-state index contributed by atoms with van der Waals surface area (Å²) in [5.74, 6) is 2.11. The molecule has 0 aromatic carbocycles. The van der Waals surface area contributed by atoms with Crippen LogP contribution in [-0.2, 0) is 9.47 Å². The summed E-state index contributed by atoms with van der Waals surface area (Å²) in [5.41, 5.74) is 3.03. The average molecular weight is 378 g/mol. The molecule has 146 valence electrons. The highest BCUT2D eigenvalue weighted by molar-refractivity contribution is 5.94. The molecule has 4 heterocycles. The SMILES string of the molecule is CC(C)C1COC(c2cccc(-c3cccc(C4=NC(C(C)C)CO4)n3)n2)=N1. The lowest BCUT2D eigenvalue weighted by atomic mass is 10.1. The van der Waals surface area contributed by atoms with E-state index in [9.17, 15) is 0 Å². The van der Waals surface area contributed by atoms with Gasteiger partial charge in [0.1, 0.15) is 24.6 Å². The number of ether oxygens (including phenoxy) is 2. The first-order valence-electron chi connectivity index (χ1n) is 9.87. The highest BCUT2D eigenvalue weighted by Gasteiger charge is 2.25. The molecular weight excluding hydrogens is 352 g/mol. The molecule has 2 aromatic rings. The fourth-order valence-corrected chi connectivity index (χ4v) is 3.14. The minimum absolute atomic E-state index is 0.188. The van der Waals surface area contributed by atoms with Gasteiger partial charge in [0.2, 0.25) is 11.8 Å². The number of pyridine rings is 2. The quantitative estimate of drug-likeness (QED) is 0.795. The molecule has 0 bridgehead atoms. The summed E-state index contributed by atoms with van der Waals surface area (Å²) in [6.45, 7) is 9.82. The van der Waals surface area contributed by atoms with E-state index in [-0.39, 0.29) is 12.1 Å². The zero-order chi connectivity index (χ0) is 19.7. The molecule has 0 amide bonds. The maximum absolute atomic E-state index is 5.77. The fraction of sp³-hybridized carbons (Fsp3) is 0.455. The molecule has 2 atom stereocenters. The van der Waals surface area contributed by atoms with Crippen LogP contribution >= 0.6 is 0 Å². The lowest BCUT2D eigenvalue weighted by molar-refractivity contribution is 0.291. The molecule has 0 N–H and O–H groups in total. The summed E-state index contributed by atoms with van der Waals surface area (Å²) in [7, 11) is 0. The molecule has 0 spiro atoms. The second-order valence-corrected chi connectivity index (χ2v) is 7.93. The van der Waals surface area contributed by atoms with Crippen molar-refractivity contribution in [2.24, 2.45) is 21.8 Å². The van der Waals surface area contributed by atoms with Gasteiger partial charge in [-0.3, -0.25) is 0 Å². The first-order valence-corrected chi connectivity index (χ1v) is 9.87. The highest BCUT2D eigenvalue weighted by atomic mass is 16.5. The van der Waals surface area contributed by atoms with Crippen LogP contribution in [0.4, 0.5) is 0 Å². The first kappa shape index (κ1) is 18.6. The van der Waals surface area contributed by atoms with Crippen molar-refractivity contribution in [3.63, 3.8) is 0 Å². The number of hydrogen-bond donors (Lipinski definition) is 0. The maximum Gasteiger partial charge on any atom is 0.235 e. The lowest BCUT2D eigenvalue weighted by Gasteiger charge is -2.06. The van der Waals surface area contributed by atoms with Crippen molar-refractivity contribution >= 4 is 11.8 Å². The van der Waals surface area contributed by atoms with E-state index in [1.165, 1.54) is 0 Å². The van der Waals surface area contributed by atoms with E-state index in [0.29, 0.717) is 36.8 Å². The first-order chi connectivity index (χ1) is 13.5. The Labute approximate surface area is 165 Å². The van der Waals surface area contributed by atoms with Gasteiger partial charge in [0, 0.05) is 0 Å². The van der Waals surface area contributed by atoms with Crippen LogP contribution in [0, 0.1) is 11.8 Å². The summed E-state index contributed by atoms with van der Waals surface area (Å²) in [6.07, 6.45) is 0. The van der Waals surface area contributed by atoms with E-state index >= 15 is 0 Å². The van der Waals surface area contributed by atoms with Gasteiger partial charge in [-0.2, -0.15) is 0 Å². The van der Waals surface area contributed by atoms with Crippen molar-refractivity contribution in [2.75, 3.05) is 13.2 Å². The standard InChI is InChI=1S/C22H26N4O2/c1-13(2)19-11-27-21(25-19)17-9-5-7-15(23-17)16-8-6-10-18(24-16)22-26-20(12-28-22)14(3)4/h5-10,13-14,19-20H,11-12H2,1-4H3. The predicted octanol–water partition coefficient (Wildman–Crippen LogP) is 3.75. The Bertz CT molecular complexity index is 845. The monoisotopic (exact) mass is 378 g/mol. The largest absolute Gasteiger partial charge is 0.474 e. The van der Waals surface area contributed by atoms with Crippen molar-refractivity contribution in [3.05, 3.63) is 47.8 Å². The molecule has 0 fully saturated rings. The Hall–Kier alpha value is -2.76. The minimum atomic E-state index is 0.188. The van der Waals surface area contributed by atoms with Gasteiger partial charge in [0.15, 0.2) is 0 Å². The molecule has 2 aliphatic heterocycles. The van der Waals surface area contributed by atoms with Crippen LogP contribution in [0.1, 0.15) is 39.1 Å². The Morgan fingerprint density at radius 3 is 1.43 bits per heavy atom. The van der Waals surface area contributed by atoms with Crippen molar-refractivity contribution in [2.45, 2.75) is 39.8 Å². The van der Waals surface area contributed by atoms with Crippen LogP contribution in [0.15, 0.2) is 46.4 Å². The zero-order valence-corrected chi connectivity index (χ0v) is 16.8. The molecular formula is C22H26N4O2. The van der Waals surface area contributed by atoms with Crippen LogP contribution < -0.4 is 0 Å². The summed E-state index contributed by atoms with van der Waals surface area (Å²) in [4.78, 5) is 18.8. The summed E-state index contributed by atoms with van der Waals surface area (Å²) < 4.78 is 11.5. The second-order valence-electron chi connectivity index (χ2n) is 7.93. The number of rotatable bonds is 5. The molecule has 0 aliphatic carbocycles. The van der Waals surface area contributed by atoms with Gasteiger partial charge in [0.05, 0.1) is 23.5 Å². The third-order valence-corrected chi connectivity index (χ3v) is 5.09. The summed E-state index contributed by atoms with van der Waals surface area (Å²) >= 11 is 0. The van der Waals surface area contributed by atoms with Gasteiger partial charge >= 0.3 is 0 Å². The van der Waals surface area contributed by atoms with Gasteiger partial charge in [-0.15, -0.1) is 0 Å². The van der Waals surface area contributed by atoms with E-state index < -0.39 is 0 Å². The van der Waals surface area contributed by atoms with Gasteiger partial charge in [-0.05, 0) is 36.1 Å². The third-order valence-electron chi connectivity index (χ3n) is 5.09. The molecule has 0 saturated carbocycles. The van der Waals surface area contributed by atoms with Crippen LogP contribution in [0.2, 0.25) is 0 Å². The number of aliphatic imine (C=N–C) groups is 2. The number of nitrogens with zero attached hydrogens (tertiary/aromatic N) is 4. The molecule has 2 aliphatic rings. The molecule has 28 heavy (non-hydrogen) atoms.